The molecule has 148 valence electrons. The number of rotatable bonds is 5. The summed E-state index contributed by atoms with van der Waals surface area (Å²) in [6.45, 7) is 2.53. The van der Waals surface area contributed by atoms with Crippen LogP contribution in [0.5, 0.6) is 0 Å². The van der Waals surface area contributed by atoms with Crippen LogP contribution in [0.15, 0.2) is 59.1 Å². The fourth-order valence-electron chi connectivity index (χ4n) is 3.05. The van der Waals surface area contributed by atoms with E-state index in [4.69, 9.17) is 20.9 Å². The second-order valence-corrected chi connectivity index (χ2v) is 6.93. The van der Waals surface area contributed by atoms with Gasteiger partial charge in [0.1, 0.15) is 0 Å². The van der Waals surface area contributed by atoms with Crippen molar-refractivity contribution in [3.8, 4) is 0 Å². The minimum atomic E-state index is -0.474. The second kappa shape index (κ2) is 8.46. The first kappa shape index (κ1) is 19.2. The van der Waals surface area contributed by atoms with E-state index in [9.17, 15) is 9.59 Å². The summed E-state index contributed by atoms with van der Waals surface area (Å²) in [5, 5.41) is 7.00. The summed E-state index contributed by atoms with van der Waals surface area (Å²) in [6.07, 6.45) is 0. The molecule has 1 aliphatic heterocycles. The van der Waals surface area contributed by atoms with Crippen molar-refractivity contribution >= 4 is 34.9 Å². The lowest BCUT2D eigenvalue weighted by Gasteiger charge is -2.25. The maximum absolute atomic E-state index is 12.9. The molecule has 1 aliphatic rings. The second-order valence-electron chi connectivity index (χ2n) is 6.49. The van der Waals surface area contributed by atoms with E-state index in [0.29, 0.717) is 54.0 Å². The average Bonchev–Trinajstić information content (AvgIpc) is 3.26. The summed E-state index contributed by atoms with van der Waals surface area (Å²) in [7, 11) is 0. The summed E-state index contributed by atoms with van der Waals surface area (Å²) < 4.78 is 10.6. The number of aromatic nitrogens is 1. The number of carbonyl (C=O) groups excluding carboxylic acids is 2. The van der Waals surface area contributed by atoms with E-state index in [1.807, 2.05) is 11.0 Å². The lowest BCUT2D eigenvalue weighted by molar-refractivity contribution is 0.101. The molecule has 0 radical (unpaired) electrons. The van der Waals surface area contributed by atoms with Gasteiger partial charge in [0.05, 0.1) is 18.9 Å². The molecular weight excluding hydrogens is 394 g/mol. The zero-order chi connectivity index (χ0) is 20.2. The van der Waals surface area contributed by atoms with E-state index in [-0.39, 0.29) is 11.5 Å². The molecule has 0 unspecified atom stereocenters. The number of amides is 1. The van der Waals surface area contributed by atoms with Crippen molar-refractivity contribution < 1.29 is 18.8 Å². The maximum Gasteiger partial charge on any atom is 0.277 e. The number of ketones is 1. The number of nitrogens with zero attached hydrogens (tertiary/aromatic N) is 2. The fraction of sp³-hybridized carbons (Fsp3) is 0.190. The number of anilines is 2. The lowest BCUT2D eigenvalue weighted by atomic mass is 10.0. The molecular formula is C21H18ClN3O4. The Morgan fingerprint density at radius 3 is 2.55 bits per heavy atom. The molecule has 1 amide bonds. The van der Waals surface area contributed by atoms with Crippen LogP contribution in [0.2, 0.25) is 5.02 Å². The van der Waals surface area contributed by atoms with Crippen LogP contribution in [0.3, 0.4) is 0 Å². The number of morpholine rings is 1. The summed E-state index contributed by atoms with van der Waals surface area (Å²) in [5.74, 6) is -0.203. The largest absolute Gasteiger partial charge is 0.378 e. The molecule has 29 heavy (non-hydrogen) atoms. The highest BCUT2D eigenvalue weighted by molar-refractivity contribution is 6.31. The van der Waals surface area contributed by atoms with Gasteiger partial charge >= 0.3 is 0 Å². The Balaban J connectivity index is 1.56. The Kier molecular flexibility index (Phi) is 5.59. The molecule has 8 heteroatoms. The minimum absolute atomic E-state index is 0.125. The predicted molar refractivity (Wildman–Crippen MR) is 109 cm³/mol. The topological polar surface area (TPSA) is 84.7 Å². The van der Waals surface area contributed by atoms with Crippen LogP contribution in [0.25, 0.3) is 0 Å². The number of halogens is 1. The normalized spacial score (nSPS) is 13.9. The monoisotopic (exact) mass is 411 g/mol. The van der Waals surface area contributed by atoms with Crippen LogP contribution >= 0.6 is 11.6 Å². The van der Waals surface area contributed by atoms with Gasteiger partial charge in [-0.15, -0.1) is 0 Å². The highest BCUT2D eigenvalue weighted by atomic mass is 35.5. The van der Waals surface area contributed by atoms with Crippen LogP contribution in [0.4, 0.5) is 11.6 Å². The van der Waals surface area contributed by atoms with Gasteiger partial charge in [-0.1, -0.05) is 47.1 Å². The molecule has 3 aromatic rings. The number of hydrogen-bond donors (Lipinski definition) is 1. The Morgan fingerprint density at radius 1 is 1.03 bits per heavy atom. The van der Waals surface area contributed by atoms with E-state index < -0.39 is 5.91 Å². The first-order valence-corrected chi connectivity index (χ1v) is 9.49. The van der Waals surface area contributed by atoms with Crippen LogP contribution in [-0.2, 0) is 4.74 Å². The zero-order valence-electron chi connectivity index (χ0n) is 15.4. The number of nitrogens with one attached hydrogen (secondary N) is 1. The molecule has 2 heterocycles. The number of ether oxygens (including phenoxy) is 1. The summed E-state index contributed by atoms with van der Waals surface area (Å²) in [6, 6.07) is 15.1. The van der Waals surface area contributed by atoms with E-state index in [1.165, 1.54) is 6.07 Å². The standard InChI is InChI=1S/C21H18ClN3O4/c22-15-6-7-17(16(12-15)20(26)14-4-2-1-3-5-14)23-21(27)18-13-19(29-24-18)25-8-10-28-11-9-25/h1-7,12-13H,8-11H2,(H,23,27). The Labute approximate surface area is 172 Å². The van der Waals surface area contributed by atoms with Crippen molar-refractivity contribution in [2.45, 2.75) is 0 Å². The quantitative estimate of drug-likeness (QED) is 0.645. The van der Waals surface area contributed by atoms with E-state index in [0.717, 1.165) is 0 Å². The molecule has 0 spiro atoms. The smallest absolute Gasteiger partial charge is 0.277 e. The Bertz CT molecular complexity index is 1030. The molecule has 1 N–H and O–H groups in total. The van der Waals surface area contributed by atoms with Gasteiger partial charge in [0.15, 0.2) is 11.5 Å². The molecule has 1 aromatic heterocycles. The van der Waals surface area contributed by atoms with E-state index in [2.05, 4.69) is 10.5 Å². The third-order valence-corrected chi connectivity index (χ3v) is 4.80. The number of carbonyl (C=O) groups is 2. The van der Waals surface area contributed by atoms with Crippen molar-refractivity contribution in [1.82, 2.24) is 5.16 Å². The van der Waals surface area contributed by atoms with E-state index >= 15 is 0 Å². The predicted octanol–water partition coefficient (Wildman–Crippen LogP) is 3.65. The summed E-state index contributed by atoms with van der Waals surface area (Å²) >= 11 is 6.08. The average molecular weight is 412 g/mol. The summed E-state index contributed by atoms with van der Waals surface area (Å²) in [4.78, 5) is 27.5. The van der Waals surface area contributed by atoms with Crippen molar-refractivity contribution in [3.05, 3.63) is 76.4 Å². The highest BCUT2D eigenvalue weighted by Crippen LogP contribution is 2.25. The van der Waals surface area contributed by atoms with Crippen molar-refractivity contribution in [2.24, 2.45) is 0 Å². The number of hydrogen-bond acceptors (Lipinski definition) is 6. The number of benzene rings is 2. The van der Waals surface area contributed by atoms with Crippen molar-refractivity contribution in [3.63, 3.8) is 0 Å². The maximum atomic E-state index is 12.9. The lowest BCUT2D eigenvalue weighted by Crippen LogP contribution is -2.35. The van der Waals surface area contributed by atoms with E-state index in [1.54, 1.807) is 42.5 Å². The first-order valence-electron chi connectivity index (χ1n) is 9.12. The van der Waals surface area contributed by atoms with Crippen LogP contribution < -0.4 is 10.2 Å². The van der Waals surface area contributed by atoms with Gasteiger partial charge in [-0.05, 0) is 18.2 Å². The van der Waals surface area contributed by atoms with Crippen LogP contribution in [0, 0.1) is 0 Å². The molecule has 0 atom stereocenters. The molecule has 2 aromatic carbocycles. The van der Waals surface area contributed by atoms with Gasteiger partial charge in [0.2, 0.25) is 5.88 Å². The fourth-order valence-corrected chi connectivity index (χ4v) is 3.22. The van der Waals surface area contributed by atoms with Crippen LogP contribution in [-0.4, -0.2) is 43.2 Å². The molecule has 7 nitrogen and oxygen atoms in total. The van der Waals surface area contributed by atoms with Gasteiger partial charge in [-0.2, -0.15) is 0 Å². The molecule has 1 saturated heterocycles. The van der Waals surface area contributed by atoms with Gasteiger partial charge < -0.3 is 19.5 Å². The van der Waals surface area contributed by atoms with Gasteiger partial charge in [0, 0.05) is 35.3 Å². The van der Waals surface area contributed by atoms with Gasteiger partial charge in [0.25, 0.3) is 5.91 Å². The SMILES string of the molecule is O=C(Nc1ccc(Cl)cc1C(=O)c1ccccc1)c1cc(N2CCOCC2)on1. The Morgan fingerprint density at radius 2 is 1.79 bits per heavy atom. The van der Waals surface area contributed by atoms with Crippen molar-refractivity contribution in [2.75, 3.05) is 36.5 Å². The zero-order valence-corrected chi connectivity index (χ0v) is 16.2. The van der Waals surface area contributed by atoms with Crippen LogP contribution in [0.1, 0.15) is 26.4 Å². The third-order valence-electron chi connectivity index (χ3n) is 4.56. The highest BCUT2D eigenvalue weighted by Gasteiger charge is 2.21. The van der Waals surface area contributed by atoms with Gasteiger partial charge in [-0.25, -0.2) is 0 Å². The molecule has 4 rings (SSSR count). The third kappa shape index (κ3) is 4.31. The molecule has 1 fully saturated rings. The van der Waals surface area contributed by atoms with Gasteiger partial charge in [-0.3, -0.25) is 9.59 Å². The minimum Gasteiger partial charge on any atom is -0.378 e. The Hall–Kier alpha value is -3.16. The molecule has 0 saturated carbocycles. The molecule has 0 aliphatic carbocycles. The molecule has 0 bridgehead atoms. The van der Waals surface area contributed by atoms with Crippen molar-refractivity contribution in [1.29, 1.82) is 0 Å². The first-order chi connectivity index (χ1) is 14.1. The summed E-state index contributed by atoms with van der Waals surface area (Å²) in [5.41, 5.74) is 1.28.